The summed E-state index contributed by atoms with van der Waals surface area (Å²) < 4.78 is 1.66. The Bertz CT molecular complexity index is 697. The number of carbonyl (C=O) groups is 2. The van der Waals surface area contributed by atoms with Crippen LogP contribution in [0.4, 0.5) is 0 Å². The van der Waals surface area contributed by atoms with E-state index in [0.29, 0.717) is 23.7 Å². The lowest BCUT2D eigenvalue weighted by Crippen LogP contribution is -2.26. The minimum atomic E-state index is -0.379. The first kappa shape index (κ1) is 16.0. The molecule has 0 aliphatic rings. The Kier molecular flexibility index (Phi) is 5.16. The molecule has 0 aliphatic heterocycles. The second-order valence-electron chi connectivity index (χ2n) is 4.89. The first-order valence-electron chi connectivity index (χ1n) is 6.86. The molecule has 1 aromatic carbocycles. The van der Waals surface area contributed by atoms with Gasteiger partial charge >= 0.3 is 0 Å². The fourth-order valence-electron chi connectivity index (χ4n) is 2.01. The van der Waals surface area contributed by atoms with Crippen molar-refractivity contribution in [2.45, 2.75) is 19.8 Å². The van der Waals surface area contributed by atoms with E-state index >= 15 is 0 Å². The molecule has 7 heteroatoms. The zero-order valence-electron chi connectivity index (χ0n) is 12.2. The predicted molar refractivity (Wildman–Crippen MR) is 84.1 cm³/mol. The van der Waals surface area contributed by atoms with E-state index in [4.69, 9.17) is 17.3 Å². The van der Waals surface area contributed by atoms with E-state index in [1.54, 1.807) is 22.9 Å². The van der Waals surface area contributed by atoms with Crippen molar-refractivity contribution >= 4 is 23.4 Å². The van der Waals surface area contributed by atoms with Crippen molar-refractivity contribution in [3.05, 3.63) is 46.7 Å². The molecule has 1 heterocycles. The molecule has 0 unspecified atom stereocenters. The number of halogens is 1. The molecule has 6 nitrogen and oxygen atoms in total. The molecule has 0 saturated carbocycles. The van der Waals surface area contributed by atoms with Crippen molar-refractivity contribution in [1.82, 2.24) is 15.1 Å². The molecule has 2 rings (SSSR count). The highest BCUT2D eigenvalue weighted by atomic mass is 35.5. The molecule has 0 fully saturated rings. The summed E-state index contributed by atoms with van der Waals surface area (Å²) in [6.45, 7) is 2.24. The highest BCUT2D eigenvalue weighted by Gasteiger charge is 2.13. The van der Waals surface area contributed by atoms with Gasteiger partial charge in [0.2, 0.25) is 5.91 Å². The van der Waals surface area contributed by atoms with Gasteiger partial charge < -0.3 is 11.1 Å². The van der Waals surface area contributed by atoms with Crippen molar-refractivity contribution in [3.63, 3.8) is 0 Å². The maximum Gasteiger partial charge on any atom is 0.271 e. The highest BCUT2D eigenvalue weighted by Crippen LogP contribution is 2.16. The van der Waals surface area contributed by atoms with E-state index in [-0.39, 0.29) is 18.2 Å². The molecule has 0 bridgehead atoms. The van der Waals surface area contributed by atoms with Crippen LogP contribution in [0.2, 0.25) is 5.02 Å². The van der Waals surface area contributed by atoms with E-state index in [9.17, 15) is 9.59 Å². The zero-order chi connectivity index (χ0) is 16.1. The van der Waals surface area contributed by atoms with Gasteiger partial charge in [0.1, 0.15) is 0 Å². The number of hydrogen-bond donors (Lipinski definition) is 2. The largest absolute Gasteiger partial charge is 0.370 e. The van der Waals surface area contributed by atoms with Crippen LogP contribution in [0.25, 0.3) is 5.69 Å². The Hall–Kier alpha value is -2.34. The second-order valence-corrected chi connectivity index (χ2v) is 5.32. The molecular formula is C15H17ClN4O2. The first-order chi connectivity index (χ1) is 10.5. The molecular weight excluding hydrogens is 304 g/mol. The molecule has 3 N–H and O–H groups in total. The number of nitrogens with one attached hydrogen (secondary N) is 1. The summed E-state index contributed by atoms with van der Waals surface area (Å²) in [6, 6.07) is 8.93. The molecule has 0 saturated heterocycles. The van der Waals surface area contributed by atoms with Gasteiger partial charge in [-0.05, 0) is 37.6 Å². The Balaban J connectivity index is 2.06. The average molecular weight is 321 g/mol. The van der Waals surface area contributed by atoms with E-state index in [0.717, 1.165) is 11.4 Å². The van der Waals surface area contributed by atoms with Crippen LogP contribution in [-0.4, -0.2) is 28.1 Å². The molecule has 2 aromatic rings. The molecule has 0 atom stereocenters. The topological polar surface area (TPSA) is 90.0 Å². The second kappa shape index (κ2) is 7.09. The average Bonchev–Trinajstić information content (AvgIpc) is 2.85. The maximum atomic E-state index is 12.0. The van der Waals surface area contributed by atoms with E-state index in [1.807, 2.05) is 19.1 Å². The number of aromatic nitrogens is 2. The van der Waals surface area contributed by atoms with Crippen LogP contribution in [0.15, 0.2) is 30.3 Å². The first-order valence-corrected chi connectivity index (χ1v) is 7.24. The minimum absolute atomic E-state index is 0.246. The van der Waals surface area contributed by atoms with Gasteiger partial charge in [0.15, 0.2) is 5.69 Å². The van der Waals surface area contributed by atoms with Crippen LogP contribution in [0.5, 0.6) is 0 Å². The number of nitrogens with two attached hydrogens (primary N) is 1. The molecule has 22 heavy (non-hydrogen) atoms. The van der Waals surface area contributed by atoms with Crippen LogP contribution in [0.1, 0.15) is 29.0 Å². The SMILES string of the molecule is Cc1cc(C(=O)NCCCC(N)=O)nn1-c1cccc(Cl)c1. The third kappa shape index (κ3) is 4.08. The van der Waals surface area contributed by atoms with Gasteiger partial charge in [0.05, 0.1) is 5.69 Å². The molecule has 116 valence electrons. The van der Waals surface area contributed by atoms with Crippen LogP contribution in [-0.2, 0) is 4.79 Å². The number of rotatable bonds is 6. The summed E-state index contributed by atoms with van der Waals surface area (Å²) >= 11 is 5.97. The predicted octanol–water partition coefficient (Wildman–Crippen LogP) is 1.83. The van der Waals surface area contributed by atoms with Crippen molar-refractivity contribution < 1.29 is 9.59 Å². The van der Waals surface area contributed by atoms with Crippen molar-refractivity contribution in [2.24, 2.45) is 5.73 Å². The molecule has 0 spiro atoms. The number of primary amides is 1. The number of aryl methyl sites for hydroxylation is 1. The Morgan fingerprint density at radius 1 is 1.36 bits per heavy atom. The summed E-state index contributed by atoms with van der Waals surface area (Å²) in [5, 5.41) is 7.60. The van der Waals surface area contributed by atoms with Crippen molar-refractivity contribution in [1.29, 1.82) is 0 Å². The summed E-state index contributed by atoms with van der Waals surface area (Å²) in [6.07, 6.45) is 0.755. The standard InChI is InChI=1S/C15H17ClN4O2/c1-10-8-13(15(22)18-7-3-6-14(17)21)19-20(10)12-5-2-4-11(16)9-12/h2,4-5,8-9H,3,6-7H2,1H3,(H2,17,21)(H,18,22). The number of nitrogens with zero attached hydrogens (tertiary/aromatic N) is 2. The normalized spacial score (nSPS) is 10.5. The van der Waals surface area contributed by atoms with Crippen molar-refractivity contribution in [3.8, 4) is 5.69 Å². The summed E-state index contributed by atoms with van der Waals surface area (Å²) in [4.78, 5) is 22.7. The lowest BCUT2D eigenvalue weighted by Gasteiger charge is -2.04. The van der Waals surface area contributed by atoms with Crippen LogP contribution in [0.3, 0.4) is 0 Å². The quantitative estimate of drug-likeness (QED) is 0.796. The van der Waals surface area contributed by atoms with Crippen LogP contribution in [0, 0.1) is 6.92 Å². The summed E-state index contributed by atoms with van der Waals surface area (Å²) in [7, 11) is 0. The highest BCUT2D eigenvalue weighted by molar-refractivity contribution is 6.30. The molecule has 0 aliphatic carbocycles. The van der Waals surface area contributed by atoms with Gasteiger partial charge in [0.25, 0.3) is 5.91 Å². The Morgan fingerprint density at radius 2 is 2.14 bits per heavy atom. The Morgan fingerprint density at radius 3 is 2.82 bits per heavy atom. The number of amides is 2. The van der Waals surface area contributed by atoms with Gasteiger partial charge in [-0.1, -0.05) is 17.7 Å². The lowest BCUT2D eigenvalue weighted by atomic mass is 10.3. The van der Waals surface area contributed by atoms with E-state index in [1.165, 1.54) is 0 Å². The van der Waals surface area contributed by atoms with Crippen LogP contribution < -0.4 is 11.1 Å². The fourth-order valence-corrected chi connectivity index (χ4v) is 2.19. The van der Waals surface area contributed by atoms with Gasteiger partial charge in [-0.15, -0.1) is 0 Å². The van der Waals surface area contributed by atoms with Gasteiger partial charge in [-0.25, -0.2) is 4.68 Å². The third-order valence-corrected chi connectivity index (χ3v) is 3.29. The fraction of sp³-hybridized carbons (Fsp3) is 0.267. The number of hydrogen-bond acceptors (Lipinski definition) is 3. The number of carbonyl (C=O) groups excluding carboxylic acids is 2. The van der Waals surface area contributed by atoms with Crippen molar-refractivity contribution in [2.75, 3.05) is 6.54 Å². The number of benzene rings is 1. The van der Waals surface area contributed by atoms with E-state index in [2.05, 4.69) is 10.4 Å². The zero-order valence-corrected chi connectivity index (χ0v) is 12.9. The smallest absolute Gasteiger partial charge is 0.271 e. The lowest BCUT2D eigenvalue weighted by molar-refractivity contribution is -0.118. The molecule has 1 aromatic heterocycles. The Labute approximate surface area is 133 Å². The summed E-state index contributed by atoms with van der Waals surface area (Å²) in [5.41, 5.74) is 6.97. The van der Waals surface area contributed by atoms with Gasteiger partial charge in [-0.3, -0.25) is 9.59 Å². The minimum Gasteiger partial charge on any atom is -0.370 e. The third-order valence-electron chi connectivity index (χ3n) is 3.06. The molecule has 2 amide bonds. The van der Waals surface area contributed by atoms with Gasteiger partial charge in [-0.2, -0.15) is 5.10 Å². The maximum absolute atomic E-state index is 12.0. The van der Waals surface area contributed by atoms with Gasteiger partial charge in [0, 0.05) is 23.7 Å². The monoisotopic (exact) mass is 320 g/mol. The molecule has 0 radical (unpaired) electrons. The van der Waals surface area contributed by atoms with E-state index < -0.39 is 0 Å². The van der Waals surface area contributed by atoms with Crippen LogP contribution >= 0.6 is 11.6 Å². The summed E-state index contributed by atoms with van der Waals surface area (Å²) in [5.74, 6) is -0.663.